The van der Waals surface area contributed by atoms with Crippen LogP contribution in [0, 0.1) is 0 Å². The molecule has 1 saturated heterocycles. The molecule has 142 valence electrons. The largest absolute Gasteiger partial charge is 0.497 e. The summed E-state index contributed by atoms with van der Waals surface area (Å²) in [6.45, 7) is 4.91. The first-order valence-corrected chi connectivity index (χ1v) is 9.58. The number of halogens is 1. The summed E-state index contributed by atoms with van der Waals surface area (Å²) < 4.78 is 5.25. The molecule has 1 unspecified atom stereocenters. The summed E-state index contributed by atoms with van der Waals surface area (Å²) in [6, 6.07) is 8.42. The Hall–Kier alpha value is -1.35. The minimum absolute atomic E-state index is 0. The van der Waals surface area contributed by atoms with Crippen molar-refractivity contribution in [2.75, 3.05) is 27.2 Å². The fourth-order valence-corrected chi connectivity index (χ4v) is 3.98. The number of nitrogens with one attached hydrogen (secondary N) is 1. The number of rotatable bonds is 5. The number of likely N-dealkylation sites (tertiary alicyclic amines) is 1. The molecule has 1 N–H and O–H groups in total. The van der Waals surface area contributed by atoms with Gasteiger partial charge in [0.2, 0.25) is 0 Å². The molecule has 1 fully saturated rings. The summed E-state index contributed by atoms with van der Waals surface area (Å²) in [4.78, 5) is 12.6. The molecule has 3 rings (SSSR count). The van der Waals surface area contributed by atoms with E-state index in [0.717, 1.165) is 49.2 Å². The zero-order valence-electron chi connectivity index (χ0n) is 15.6. The van der Waals surface area contributed by atoms with Gasteiger partial charge in [0.15, 0.2) is 5.96 Å². The first-order chi connectivity index (χ1) is 12.2. The Morgan fingerprint density at radius 3 is 2.77 bits per heavy atom. The van der Waals surface area contributed by atoms with Crippen LogP contribution in [-0.2, 0) is 13.0 Å². The van der Waals surface area contributed by atoms with Crippen molar-refractivity contribution in [1.29, 1.82) is 0 Å². The highest BCUT2D eigenvalue weighted by Crippen LogP contribution is 2.28. The maximum absolute atomic E-state index is 5.25. The zero-order chi connectivity index (χ0) is 17.6. The summed E-state index contributed by atoms with van der Waals surface area (Å²) in [7, 11) is 3.55. The molecule has 5 nitrogen and oxygen atoms in total. The van der Waals surface area contributed by atoms with Crippen LogP contribution in [-0.4, -0.2) is 43.1 Å². The number of benzene rings is 1. The number of aryl methyl sites for hydroxylation is 1. The molecule has 0 radical (unpaired) electrons. The van der Waals surface area contributed by atoms with E-state index in [2.05, 4.69) is 39.2 Å². The minimum Gasteiger partial charge on any atom is -0.497 e. The molecule has 0 bridgehead atoms. The quantitative estimate of drug-likeness (QED) is 0.396. The molecule has 1 aliphatic heterocycles. The standard InChI is InChI=1S/C19H26N4OS.HI/c1-4-17-11-21-18(25-17)12-22-19(20-2)23-10-9-15(13-23)14-5-7-16(24-3)8-6-14;/h5-8,11,15H,4,9-10,12-13H2,1-3H3,(H,20,22);1H. The van der Waals surface area contributed by atoms with Crippen LogP contribution in [0.4, 0.5) is 0 Å². The molecule has 0 saturated carbocycles. The topological polar surface area (TPSA) is 49.8 Å². The number of hydrogen-bond donors (Lipinski definition) is 1. The Kier molecular flexibility index (Phi) is 8.15. The van der Waals surface area contributed by atoms with E-state index in [1.807, 2.05) is 25.4 Å². The van der Waals surface area contributed by atoms with Crippen LogP contribution in [0.25, 0.3) is 0 Å². The number of guanidine groups is 1. The smallest absolute Gasteiger partial charge is 0.194 e. The van der Waals surface area contributed by atoms with E-state index in [-0.39, 0.29) is 24.0 Å². The number of nitrogens with zero attached hydrogens (tertiary/aromatic N) is 3. The Morgan fingerprint density at radius 1 is 1.38 bits per heavy atom. The van der Waals surface area contributed by atoms with E-state index >= 15 is 0 Å². The van der Waals surface area contributed by atoms with Gasteiger partial charge in [-0.1, -0.05) is 19.1 Å². The van der Waals surface area contributed by atoms with E-state index < -0.39 is 0 Å². The Bertz CT molecular complexity index is 717. The summed E-state index contributed by atoms with van der Waals surface area (Å²) in [5, 5.41) is 4.57. The third-order valence-corrected chi connectivity index (χ3v) is 5.78. The van der Waals surface area contributed by atoms with Crippen molar-refractivity contribution in [1.82, 2.24) is 15.2 Å². The summed E-state index contributed by atoms with van der Waals surface area (Å²) in [5.74, 6) is 2.41. The second-order valence-electron chi connectivity index (χ2n) is 6.18. The molecule has 26 heavy (non-hydrogen) atoms. The van der Waals surface area contributed by atoms with Gasteiger partial charge in [-0.05, 0) is 30.5 Å². The molecule has 1 aromatic heterocycles. The molecule has 1 aliphatic rings. The van der Waals surface area contributed by atoms with Gasteiger partial charge in [-0.3, -0.25) is 4.99 Å². The molecular weight excluding hydrogens is 459 g/mol. The van der Waals surface area contributed by atoms with Gasteiger partial charge in [0.05, 0.1) is 13.7 Å². The van der Waals surface area contributed by atoms with Gasteiger partial charge in [0, 0.05) is 37.1 Å². The van der Waals surface area contributed by atoms with Gasteiger partial charge in [-0.25, -0.2) is 4.98 Å². The Labute approximate surface area is 176 Å². The maximum atomic E-state index is 5.25. The Morgan fingerprint density at radius 2 is 2.15 bits per heavy atom. The second-order valence-corrected chi connectivity index (χ2v) is 7.38. The summed E-state index contributed by atoms with van der Waals surface area (Å²) in [5.41, 5.74) is 1.37. The Balaban J connectivity index is 0.00000243. The first-order valence-electron chi connectivity index (χ1n) is 8.76. The highest BCUT2D eigenvalue weighted by atomic mass is 127. The molecule has 0 amide bonds. The first kappa shape index (κ1) is 21.0. The summed E-state index contributed by atoms with van der Waals surface area (Å²) in [6.07, 6.45) is 4.16. The monoisotopic (exact) mass is 486 g/mol. The van der Waals surface area contributed by atoms with Crippen LogP contribution in [0.5, 0.6) is 5.75 Å². The number of hydrogen-bond acceptors (Lipinski definition) is 4. The van der Waals surface area contributed by atoms with E-state index in [1.165, 1.54) is 10.4 Å². The molecule has 0 aliphatic carbocycles. The lowest BCUT2D eigenvalue weighted by molar-refractivity contribution is 0.414. The highest BCUT2D eigenvalue weighted by molar-refractivity contribution is 14.0. The van der Waals surface area contributed by atoms with Crippen molar-refractivity contribution in [3.8, 4) is 5.75 Å². The maximum Gasteiger partial charge on any atom is 0.194 e. The molecule has 2 aromatic rings. The van der Waals surface area contributed by atoms with Crippen LogP contribution < -0.4 is 10.1 Å². The lowest BCUT2D eigenvalue weighted by Gasteiger charge is -2.21. The van der Waals surface area contributed by atoms with Crippen LogP contribution >= 0.6 is 35.3 Å². The third kappa shape index (κ3) is 5.09. The molecule has 7 heteroatoms. The number of thiazole rings is 1. The van der Waals surface area contributed by atoms with Gasteiger partial charge in [0.1, 0.15) is 10.8 Å². The van der Waals surface area contributed by atoms with Crippen molar-refractivity contribution in [2.45, 2.75) is 32.2 Å². The van der Waals surface area contributed by atoms with Crippen molar-refractivity contribution in [2.24, 2.45) is 4.99 Å². The fraction of sp³-hybridized carbons (Fsp3) is 0.474. The van der Waals surface area contributed by atoms with Crippen molar-refractivity contribution in [3.63, 3.8) is 0 Å². The molecule has 1 atom stereocenters. The van der Waals surface area contributed by atoms with Gasteiger partial charge in [0.25, 0.3) is 0 Å². The minimum atomic E-state index is 0. The SMILES string of the molecule is CCc1cnc(CNC(=NC)N2CCC(c3ccc(OC)cc3)C2)s1.I. The average Bonchev–Trinajstić information content (AvgIpc) is 3.32. The molecule has 1 aromatic carbocycles. The van der Waals surface area contributed by atoms with Crippen molar-refractivity contribution in [3.05, 3.63) is 45.9 Å². The predicted octanol–water partition coefficient (Wildman–Crippen LogP) is 3.90. The average molecular weight is 486 g/mol. The predicted molar refractivity (Wildman–Crippen MR) is 119 cm³/mol. The lowest BCUT2D eigenvalue weighted by atomic mass is 9.98. The van der Waals surface area contributed by atoms with Crippen LogP contribution in [0.15, 0.2) is 35.5 Å². The molecule has 0 spiro atoms. The number of aliphatic imine (C=N–C) groups is 1. The zero-order valence-corrected chi connectivity index (χ0v) is 18.7. The number of ether oxygens (including phenoxy) is 1. The van der Waals surface area contributed by atoms with E-state index in [9.17, 15) is 0 Å². The van der Waals surface area contributed by atoms with Gasteiger partial charge in [-0.15, -0.1) is 35.3 Å². The normalized spacial score (nSPS) is 17.1. The van der Waals surface area contributed by atoms with Gasteiger partial charge >= 0.3 is 0 Å². The molecule has 2 heterocycles. The van der Waals surface area contributed by atoms with Crippen LogP contribution in [0.2, 0.25) is 0 Å². The van der Waals surface area contributed by atoms with Crippen LogP contribution in [0.3, 0.4) is 0 Å². The number of aromatic nitrogens is 1. The van der Waals surface area contributed by atoms with Crippen molar-refractivity contribution < 1.29 is 4.74 Å². The van der Waals surface area contributed by atoms with E-state index in [1.54, 1.807) is 18.4 Å². The van der Waals surface area contributed by atoms with E-state index in [4.69, 9.17) is 4.74 Å². The number of methoxy groups -OCH3 is 1. The second kappa shape index (κ2) is 10.1. The van der Waals surface area contributed by atoms with Crippen molar-refractivity contribution >= 4 is 41.3 Å². The summed E-state index contributed by atoms with van der Waals surface area (Å²) >= 11 is 1.77. The lowest BCUT2D eigenvalue weighted by Crippen LogP contribution is -2.39. The fourth-order valence-electron chi connectivity index (χ4n) is 3.18. The van der Waals surface area contributed by atoms with Crippen LogP contribution in [0.1, 0.15) is 34.7 Å². The van der Waals surface area contributed by atoms with Gasteiger partial charge in [-0.2, -0.15) is 0 Å². The highest BCUT2D eigenvalue weighted by Gasteiger charge is 2.26. The molecular formula is C19H27IN4OS. The third-order valence-electron chi connectivity index (χ3n) is 4.63. The van der Waals surface area contributed by atoms with E-state index in [0.29, 0.717) is 5.92 Å². The van der Waals surface area contributed by atoms with Gasteiger partial charge < -0.3 is 15.0 Å².